The Bertz CT molecular complexity index is 1420. The highest BCUT2D eigenvalue weighted by Gasteiger charge is 2.39. The van der Waals surface area contributed by atoms with E-state index in [0.717, 1.165) is 12.1 Å². The number of nitrogens with zero attached hydrogens (tertiary/aromatic N) is 1. The van der Waals surface area contributed by atoms with Gasteiger partial charge in [-0.1, -0.05) is 47.5 Å². The normalized spacial score (nSPS) is 11.9. The Morgan fingerprint density at radius 2 is 1.62 bits per heavy atom. The van der Waals surface area contributed by atoms with Gasteiger partial charge in [0.05, 0.1) is 15.6 Å². The van der Waals surface area contributed by atoms with E-state index in [1.807, 2.05) is 0 Å². The van der Waals surface area contributed by atoms with Crippen LogP contribution < -0.4 is 5.32 Å². The van der Waals surface area contributed by atoms with Crippen molar-refractivity contribution < 1.29 is 28.8 Å². The van der Waals surface area contributed by atoms with E-state index < -0.39 is 51.8 Å². The first-order valence-corrected chi connectivity index (χ1v) is 10.4. The molecule has 0 fully saturated rings. The van der Waals surface area contributed by atoms with Crippen molar-refractivity contribution in [2.45, 2.75) is 0 Å². The zero-order valence-corrected chi connectivity index (χ0v) is 18.5. The van der Waals surface area contributed by atoms with E-state index in [2.05, 4.69) is 5.32 Å². The number of carbonyl (C=O) groups excluding carboxylic acids is 4. The molecule has 1 aliphatic rings. The summed E-state index contributed by atoms with van der Waals surface area (Å²) < 4.78 is 4.92. The van der Waals surface area contributed by atoms with Crippen molar-refractivity contribution >= 4 is 58.0 Å². The van der Waals surface area contributed by atoms with Crippen LogP contribution in [0.3, 0.4) is 0 Å². The number of nitro benzene ring substituents is 1. The van der Waals surface area contributed by atoms with E-state index in [-0.39, 0.29) is 27.4 Å². The van der Waals surface area contributed by atoms with E-state index in [0.29, 0.717) is 5.02 Å². The van der Waals surface area contributed by atoms with Gasteiger partial charge >= 0.3 is 5.97 Å². The molecule has 11 heteroatoms. The van der Waals surface area contributed by atoms with Crippen LogP contribution in [-0.4, -0.2) is 35.0 Å². The van der Waals surface area contributed by atoms with Crippen molar-refractivity contribution in [2.24, 2.45) is 0 Å². The highest BCUT2D eigenvalue weighted by Crippen LogP contribution is 2.35. The number of amides is 1. The third-order valence-electron chi connectivity index (χ3n) is 5.01. The van der Waals surface area contributed by atoms with Crippen LogP contribution in [0.4, 0.5) is 11.4 Å². The molecule has 3 aromatic rings. The summed E-state index contributed by atoms with van der Waals surface area (Å²) in [5, 5.41) is 14.7. The molecular formula is C23H12Cl2N2O7. The van der Waals surface area contributed by atoms with Crippen LogP contribution in [0, 0.1) is 10.1 Å². The van der Waals surface area contributed by atoms with Crippen LogP contribution in [0.25, 0.3) is 0 Å². The molecule has 0 heterocycles. The highest BCUT2D eigenvalue weighted by molar-refractivity contribution is 6.35. The summed E-state index contributed by atoms with van der Waals surface area (Å²) in [6.45, 7) is -0.800. The zero-order valence-electron chi connectivity index (χ0n) is 17.0. The molecule has 0 spiro atoms. The molecule has 0 bridgehead atoms. The van der Waals surface area contributed by atoms with E-state index >= 15 is 0 Å². The SMILES string of the molecule is O=C(COC(=O)c1ccc2c(c1[N+](=O)[O-])C(=O)c1ccccc1C2=O)Nc1cc(Cl)ccc1Cl. The van der Waals surface area contributed by atoms with Crippen LogP contribution in [0.1, 0.15) is 42.2 Å². The maximum atomic E-state index is 13.0. The average molecular weight is 499 g/mol. The monoisotopic (exact) mass is 498 g/mol. The number of ketones is 2. The highest BCUT2D eigenvalue weighted by atomic mass is 35.5. The molecule has 1 amide bonds. The predicted octanol–water partition coefficient (Wildman–Crippen LogP) is 4.47. The standard InChI is InChI=1S/C23H12Cl2N2O7/c24-11-5-8-16(25)17(9-11)26-18(28)10-34-23(31)15-7-6-14-19(20(15)27(32)33)22(30)13-4-2-1-3-12(13)21(14)29/h1-9H,10H2,(H,26,28). The van der Waals surface area contributed by atoms with E-state index in [1.165, 1.54) is 36.4 Å². The summed E-state index contributed by atoms with van der Waals surface area (Å²) >= 11 is 11.8. The number of hydrogen-bond donors (Lipinski definition) is 1. The van der Waals surface area contributed by atoms with Crippen LogP contribution in [0.5, 0.6) is 0 Å². The Kier molecular flexibility index (Phi) is 6.14. The number of hydrogen-bond acceptors (Lipinski definition) is 7. The van der Waals surface area contributed by atoms with Gasteiger partial charge in [-0.3, -0.25) is 24.5 Å². The molecule has 0 saturated carbocycles. The van der Waals surface area contributed by atoms with Crippen LogP contribution >= 0.6 is 23.2 Å². The van der Waals surface area contributed by atoms with Crippen molar-refractivity contribution in [1.82, 2.24) is 0 Å². The summed E-state index contributed by atoms with van der Waals surface area (Å²) in [4.78, 5) is 61.5. The third kappa shape index (κ3) is 4.14. The Morgan fingerprint density at radius 3 is 2.29 bits per heavy atom. The lowest BCUT2D eigenvalue weighted by Crippen LogP contribution is -2.25. The van der Waals surface area contributed by atoms with Gasteiger partial charge in [0, 0.05) is 21.7 Å². The molecule has 9 nitrogen and oxygen atoms in total. The van der Waals surface area contributed by atoms with Crippen molar-refractivity contribution in [3.8, 4) is 0 Å². The maximum Gasteiger partial charge on any atom is 0.345 e. The molecule has 0 aliphatic heterocycles. The van der Waals surface area contributed by atoms with Crippen molar-refractivity contribution in [1.29, 1.82) is 0 Å². The average Bonchev–Trinajstić information content (AvgIpc) is 2.82. The first-order chi connectivity index (χ1) is 16.2. The molecule has 3 aromatic carbocycles. The smallest absolute Gasteiger partial charge is 0.345 e. The van der Waals surface area contributed by atoms with E-state index in [9.17, 15) is 29.3 Å². The fraction of sp³-hybridized carbons (Fsp3) is 0.0435. The number of anilines is 1. The lowest BCUT2D eigenvalue weighted by molar-refractivity contribution is -0.385. The van der Waals surface area contributed by atoms with Gasteiger partial charge in [-0.15, -0.1) is 0 Å². The van der Waals surface area contributed by atoms with Gasteiger partial charge in [0.2, 0.25) is 5.78 Å². The second-order valence-corrected chi connectivity index (χ2v) is 7.94. The molecular weight excluding hydrogens is 487 g/mol. The zero-order chi connectivity index (χ0) is 24.6. The van der Waals surface area contributed by atoms with Gasteiger partial charge in [0.15, 0.2) is 12.4 Å². The lowest BCUT2D eigenvalue weighted by atomic mass is 9.82. The minimum Gasteiger partial charge on any atom is -0.452 e. The van der Waals surface area contributed by atoms with Gasteiger partial charge in [-0.25, -0.2) is 4.79 Å². The van der Waals surface area contributed by atoms with Gasteiger partial charge in [-0.2, -0.15) is 0 Å². The second kappa shape index (κ2) is 9.05. The first kappa shape index (κ1) is 23.1. The summed E-state index contributed by atoms with van der Waals surface area (Å²) in [5.74, 6) is -3.34. The van der Waals surface area contributed by atoms with Crippen LogP contribution in [-0.2, 0) is 9.53 Å². The molecule has 0 aromatic heterocycles. The molecule has 170 valence electrons. The first-order valence-electron chi connectivity index (χ1n) is 9.61. The fourth-order valence-electron chi connectivity index (χ4n) is 3.51. The largest absolute Gasteiger partial charge is 0.452 e. The summed E-state index contributed by atoms with van der Waals surface area (Å²) in [6, 6.07) is 12.4. The van der Waals surface area contributed by atoms with Gasteiger partial charge in [0.25, 0.3) is 11.6 Å². The number of nitrogens with one attached hydrogen (secondary N) is 1. The van der Waals surface area contributed by atoms with E-state index in [4.69, 9.17) is 27.9 Å². The Morgan fingerprint density at radius 1 is 0.941 bits per heavy atom. The number of halogens is 2. The molecule has 34 heavy (non-hydrogen) atoms. The number of carbonyl (C=O) groups is 4. The predicted molar refractivity (Wildman–Crippen MR) is 122 cm³/mol. The number of rotatable bonds is 5. The minimum absolute atomic E-state index is 0.00797. The molecule has 1 aliphatic carbocycles. The number of benzene rings is 3. The molecule has 0 atom stereocenters. The van der Waals surface area contributed by atoms with Crippen LogP contribution in [0.2, 0.25) is 10.0 Å². The summed E-state index contributed by atoms with van der Waals surface area (Å²) in [6.07, 6.45) is 0. The van der Waals surface area contributed by atoms with E-state index in [1.54, 1.807) is 6.07 Å². The number of nitro groups is 1. The molecule has 0 unspecified atom stereocenters. The van der Waals surface area contributed by atoms with Crippen LogP contribution in [0.15, 0.2) is 54.6 Å². The van der Waals surface area contributed by atoms with Crippen molar-refractivity contribution in [3.05, 3.63) is 103 Å². The molecule has 4 rings (SSSR count). The minimum atomic E-state index is -1.22. The number of esters is 1. The van der Waals surface area contributed by atoms with Crippen molar-refractivity contribution in [3.63, 3.8) is 0 Å². The van der Waals surface area contributed by atoms with Gasteiger partial charge < -0.3 is 10.1 Å². The summed E-state index contributed by atoms with van der Waals surface area (Å²) in [5.41, 5.74) is -1.85. The third-order valence-corrected chi connectivity index (χ3v) is 5.57. The second-order valence-electron chi connectivity index (χ2n) is 7.09. The quantitative estimate of drug-likeness (QED) is 0.243. The molecule has 0 radical (unpaired) electrons. The topological polar surface area (TPSA) is 133 Å². The number of ether oxygens (including phenoxy) is 1. The Labute approximate surface area is 201 Å². The lowest BCUT2D eigenvalue weighted by Gasteiger charge is -2.18. The van der Waals surface area contributed by atoms with Gasteiger partial charge in [-0.05, 0) is 30.3 Å². The fourth-order valence-corrected chi connectivity index (χ4v) is 3.85. The Balaban J connectivity index is 1.61. The molecule has 0 saturated heterocycles. The maximum absolute atomic E-state index is 13.0. The van der Waals surface area contributed by atoms with Crippen molar-refractivity contribution in [2.75, 3.05) is 11.9 Å². The number of fused-ring (bicyclic) bond motifs is 2. The Hall–Kier alpha value is -4.08. The molecule has 1 N–H and O–H groups in total. The van der Waals surface area contributed by atoms with Gasteiger partial charge in [0.1, 0.15) is 11.1 Å². The summed E-state index contributed by atoms with van der Waals surface area (Å²) in [7, 11) is 0.